The fourth-order valence-corrected chi connectivity index (χ4v) is 1.19. The number of urea groups is 1. The van der Waals surface area contributed by atoms with Gasteiger partial charge in [-0.2, -0.15) is 0 Å². The summed E-state index contributed by atoms with van der Waals surface area (Å²) in [6.45, 7) is -0.201. The van der Waals surface area contributed by atoms with Crippen LogP contribution in [0.15, 0.2) is 24.3 Å². The van der Waals surface area contributed by atoms with Crippen molar-refractivity contribution in [3.05, 3.63) is 24.3 Å². The number of rotatable bonds is 4. The highest BCUT2D eigenvalue weighted by molar-refractivity contribution is 5.96. The van der Waals surface area contributed by atoms with E-state index >= 15 is 0 Å². The fraction of sp³-hybridized carbons (Fsp3) is 0.273. The van der Waals surface area contributed by atoms with Crippen LogP contribution in [0.5, 0.6) is 5.75 Å². The van der Waals surface area contributed by atoms with Gasteiger partial charge in [-0.1, -0.05) is 0 Å². The van der Waals surface area contributed by atoms with Crippen molar-refractivity contribution in [1.82, 2.24) is 10.6 Å². The number of anilines is 1. The molecule has 9 heteroatoms. The van der Waals surface area contributed by atoms with Crippen LogP contribution in [-0.4, -0.2) is 31.9 Å². The maximum Gasteiger partial charge on any atom is 0.573 e. The summed E-state index contributed by atoms with van der Waals surface area (Å²) in [5, 5.41) is 6.85. The largest absolute Gasteiger partial charge is 0.573 e. The van der Waals surface area contributed by atoms with Crippen molar-refractivity contribution < 1.29 is 27.5 Å². The molecule has 20 heavy (non-hydrogen) atoms. The zero-order valence-electron chi connectivity index (χ0n) is 10.4. The Hall–Kier alpha value is -2.45. The summed E-state index contributed by atoms with van der Waals surface area (Å²) >= 11 is 0. The fourth-order valence-electron chi connectivity index (χ4n) is 1.19. The summed E-state index contributed by atoms with van der Waals surface area (Å²) in [6.07, 6.45) is -4.75. The Bertz CT molecular complexity index is 474. The predicted molar refractivity (Wildman–Crippen MR) is 64.2 cm³/mol. The minimum Gasteiger partial charge on any atom is -0.406 e. The van der Waals surface area contributed by atoms with Gasteiger partial charge in [0.05, 0.1) is 6.54 Å². The van der Waals surface area contributed by atoms with Crippen LogP contribution in [0.25, 0.3) is 0 Å². The van der Waals surface area contributed by atoms with Crippen molar-refractivity contribution in [2.75, 3.05) is 18.9 Å². The number of benzene rings is 1. The van der Waals surface area contributed by atoms with Gasteiger partial charge in [0, 0.05) is 12.7 Å². The third kappa shape index (κ3) is 5.94. The van der Waals surface area contributed by atoms with Crippen LogP contribution in [0.3, 0.4) is 0 Å². The molecule has 1 rings (SSSR count). The van der Waals surface area contributed by atoms with Crippen molar-refractivity contribution in [3.8, 4) is 5.75 Å². The van der Waals surface area contributed by atoms with Gasteiger partial charge in [-0.25, -0.2) is 4.79 Å². The lowest BCUT2D eigenvalue weighted by Gasteiger charge is -2.10. The molecule has 0 unspecified atom stereocenters. The zero-order valence-corrected chi connectivity index (χ0v) is 10.4. The standard InChI is InChI=1S/C11H12F3N3O3/c1-15-10(19)17-9(18)6-16-7-2-4-8(5-3-7)20-11(12,13)14/h2-5,16H,6H2,1H3,(H2,15,17,18,19). The third-order valence-electron chi connectivity index (χ3n) is 2.02. The Morgan fingerprint density at radius 3 is 2.30 bits per heavy atom. The van der Waals surface area contributed by atoms with E-state index in [9.17, 15) is 22.8 Å². The smallest absolute Gasteiger partial charge is 0.406 e. The van der Waals surface area contributed by atoms with Crippen LogP contribution in [0.2, 0.25) is 0 Å². The molecule has 0 aromatic heterocycles. The van der Waals surface area contributed by atoms with E-state index in [-0.39, 0.29) is 12.3 Å². The zero-order chi connectivity index (χ0) is 15.2. The average Bonchev–Trinajstić information content (AvgIpc) is 2.36. The van der Waals surface area contributed by atoms with Crippen molar-refractivity contribution >= 4 is 17.6 Å². The molecule has 0 radical (unpaired) electrons. The van der Waals surface area contributed by atoms with Gasteiger partial charge in [-0.3, -0.25) is 10.1 Å². The Morgan fingerprint density at radius 2 is 1.80 bits per heavy atom. The van der Waals surface area contributed by atoms with Crippen molar-refractivity contribution in [2.45, 2.75) is 6.36 Å². The Kier molecular flexibility index (Phi) is 5.18. The van der Waals surface area contributed by atoms with Gasteiger partial charge >= 0.3 is 12.4 Å². The molecule has 0 saturated carbocycles. The second kappa shape index (κ2) is 6.64. The van der Waals surface area contributed by atoms with Crippen LogP contribution in [0.1, 0.15) is 0 Å². The number of carbonyl (C=O) groups is 2. The van der Waals surface area contributed by atoms with E-state index in [1.165, 1.54) is 19.2 Å². The molecule has 6 nitrogen and oxygen atoms in total. The number of halogens is 3. The lowest BCUT2D eigenvalue weighted by atomic mass is 10.3. The van der Waals surface area contributed by atoms with E-state index in [0.717, 1.165) is 12.1 Å². The lowest BCUT2D eigenvalue weighted by Crippen LogP contribution is -2.40. The van der Waals surface area contributed by atoms with E-state index in [0.29, 0.717) is 5.69 Å². The molecule has 3 N–H and O–H groups in total. The van der Waals surface area contributed by atoms with E-state index in [4.69, 9.17) is 0 Å². The molecular formula is C11H12F3N3O3. The minimum atomic E-state index is -4.75. The quantitative estimate of drug-likeness (QED) is 0.784. The third-order valence-corrected chi connectivity index (χ3v) is 2.02. The first-order chi connectivity index (χ1) is 9.30. The molecule has 3 amide bonds. The van der Waals surface area contributed by atoms with Gasteiger partial charge < -0.3 is 15.4 Å². The summed E-state index contributed by atoms with van der Waals surface area (Å²) in [7, 11) is 1.36. The van der Waals surface area contributed by atoms with E-state index in [2.05, 4.69) is 15.4 Å². The first kappa shape index (κ1) is 15.6. The van der Waals surface area contributed by atoms with Crippen molar-refractivity contribution in [2.24, 2.45) is 0 Å². The summed E-state index contributed by atoms with van der Waals surface area (Å²) in [6, 6.07) is 4.19. The second-order valence-corrected chi connectivity index (χ2v) is 3.55. The normalized spacial score (nSPS) is 10.6. The predicted octanol–water partition coefficient (Wildman–Crippen LogP) is 1.45. The van der Waals surface area contributed by atoms with E-state index < -0.39 is 18.3 Å². The highest BCUT2D eigenvalue weighted by Crippen LogP contribution is 2.23. The highest BCUT2D eigenvalue weighted by atomic mass is 19.4. The van der Waals surface area contributed by atoms with Crippen LogP contribution in [0, 0.1) is 0 Å². The van der Waals surface area contributed by atoms with E-state index in [1.54, 1.807) is 0 Å². The molecule has 0 spiro atoms. The highest BCUT2D eigenvalue weighted by Gasteiger charge is 2.30. The first-order valence-electron chi connectivity index (χ1n) is 5.41. The summed E-state index contributed by atoms with van der Waals surface area (Å²) in [4.78, 5) is 22.0. The monoisotopic (exact) mass is 291 g/mol. The summed E-state index contributed by atoms with van der Waals surface area (Å²) in [5.74, 6) is -0.946. The molecule has 1 aromatic carbocycles. The molecule has 0 aliphatic heterocycles. The Labute approximate surface area is 112 Å². The molecule has 0 heterocycles. The van der Waals surface area contributed by atoms with Crippen LogP contribution >= 0.6 is 0 Å². The Morgan fingerprint density at radius 1 is 1.20 bits per heavy atom. The lowest BCUT2D eigenvalue weighted by molar-refractivity contribution is -0.274. The molecular weight excluding hydrogens is 279 g/mol. The number of alkyl halides is 3. The topological polar surface area (TPSA) is 79.5 Å². The van der Waals surface area contributed by atoms with Gasteiger partial charge in [0.2, 0.25) is 5.91 Å². The van der Waals surface area contributed by atoms with Gasteiger partial charge in [0.1, 0.15) is 5.75 Å². The molecule has 0 saturated heterocycles. The number of imide groups is 1. The van der Waals surface area contributed by atoms with Crippen molar-refractivity contribution in [3.63, 3.8) is 0 Å². The van der Waals surface area contributed by atoms with Gasteiger partial charge in [-0.05, 0) is 24.3 Å². The molecule has 0 aliphatic carbocycles. The molecule has 0 bridgehead atoms. The number of ether oxygens (including phenoxy) is 1. The maximum absolute atomic E-state index is 11.9. The number of carbonyl (C=O) groups excluding carboxylic acids is 2. The van der Waals surface area contributed by atoms with Gasteiger partial charge in [0.25, 0.3) is 0 Å². The molecule has 0 atom stereocenters. The molecule has 1 aromatic rings. The molecule has 110 valence electrons. The second-order valence-electron chi connectivity index (χ2n) is 3.55. The summed E-state index contributed by atoms with van der Waals surface area (Å²) in [5.41, 5.74) is 0.409. The SMILES string of the molecule is CNC(=O)NC(=O)CNc1ccc(OC(F)(F)F)cc1. The van der Waals surface area contributed by atoms with Crippen molar-refractivity contribution in [1.29, 1.82) is 0 Å². The Balaban J connectivity index is 2.46. The van der Waals surface area contributed by atoms with Gasteiger partial charge in [-0.15, -0.1) is 13.2 Å². The molecule has 0 fully saturated rings. The number of hydrogen-bond acceptors (Lipinski definition) is 4. The van der Waals surface area contributed by atoms with Crippen LogP contribution in [-0.2, 0) is 4.79 Å². The average molecular weight is 291 g/mol. The maximum atomic E-state index is 11.9. The summed E-state index contributed by atoms with van der Waals surface area (Å²) < 4.78 is 39.5. The first-order valence-corrected chi connectivity index (χ1v) is 5.41. The number of nitrogens with one attached hydrogen (secondary N) is 3. The van der Waals surface area contributed by atoms with Gasteiger partial charge in [0.15, 0.2) is 0 Å². The number of amides is 3. The van der Waals surface area contributed by atoms with E-state index in [1.807, 2.05) is 5.32 Å². The molecule has 0 aliphatic rings. The number of hydrogen-bond donors (Lipinski definition) is 3. The van der Waals surface area contributed by atoms with Crippen LogP contribution < -0.4 is 20.7 Å². The van der Waals surface area contributed by atoms with Crippen LogP contribution in [0.4, 0.5) is 23.7 Å². The minimum absolute atomic E-state index is 0.201.